The van der Waals surface area contributed by atoms with Gasteiger partial charge in [0.25, 0.3) is 0 Å². The number of aromatic amines is 2. The Balaban J connectivity index is 1.17. The summed E-state index contributed by atoms with van der Waals surface area (Å²) in [5.74, 6) is -16.7. The summed E-state index contributed by atoms with van der Waals surface area (Å²) in [7, 11) is 4.03. The predicted molar refractivity (Wildman–Crippen MR) is 506 cm³/mol. The average Bonchev–Trinajstić information content (AvgIpc) is 1.76. The van der Waals surface area contributed by atoms with Gasteiger partial charge in [-0.2, -0.15) is 0 Å². The van der Waals surface area contributed by atoms with Crippen LogP contribution in [-0.2, 0) is 101 Å². The number of carbonyl (C=O) groups is 17. The highest BCUT2D eigenvalue weighted by molar-refractivity contribution is 8.00. The molecule has 2 saturated heterocycles. The van der Waals surface area contributed by atoms with Gasteiger partial charge in [0.2, 0.25) is 88.6 Å². The number of guanidine groups is 1. The number of aliphatic hydroxyl groups excluding tert-OH is 2. The topological polar surface area (TPSA) is 623 Å². The number of H-pyrrole nitrogens is 2. The van der Waals surface area contributed by atoms with E-state index in [-0.39, 0.29) is 108 Å². The molecule has 738 valence electrons. The van der Waals surface area contributed by atoms with Gasteiger partial charge in [0.1, 0.15) is 66.5 Å². The zero-order valence-electron chi connectivity index (χ0n) is 78.5. The number of fused-ring (bicyclic) bond motifs is 4. The summed E-state index contributed by atoms with van der Waals surface area (Å²) in [5, 5.41) is 58.9. The molecule has 2 unspecified atom stereocenters. The van der Waals surface area contributed by atoms with Gasteiger partial charge in [0.05, 0.1) is 37.0 Å². The smallest absolute Gasteiger partial charge is 0.245 e. The lowest BCUT2D eigenvalue weighted by molar-refractivity contribution is -0.149. The van der Waals surface area contributed by atoms with Crippen LogP contribution in [0, 0.1) is 30.1 Å². The van der Waals surface area contributed by atoms with E-state index in [1.54, 1.807) is 99.0 Å². The molecule has 16 atom stereocenters. The van der Waals surface area contributed by atoms with Gasteiger partial charge in [-0.15, -0.1) is 11.8 Å². The largest absolute Gasteiger partial charge is 0.394 e. The third-order valence-electron chi connectivity index (χ3n) is 25.3. The highest BCUT2D eigenvalue weighted by atomic mass is 32.2. The fourth-order valence-corrected chi connectivity index (χ4v) is 18.3. The number of aromatic nitrogens is 2. The van der Waals surface area contributed by atoms with Gasteiger partial charge < -0.3 is 116 Å². The number of nitrogens with one attached hydrogen (secondary N) is 13. The number of para-hydroxylation sites is 2. The molecule has 1 aliphatic carbocycles. The van der Waals surface area contributed by atoms with Crippen LogP contribution in [0.5, 0.6) is 0 Å². The maximum Gasteiger partial charge on any atom is 0.245 e. The van der Waals surface area contributed by atoms with Crippen molar-refractivity contribution in [1.29, 1.82) is 5.41 Å². The summed E-state index contributed by atoms with van der Waals surface area (Å²) in [6, 6.07) is 1.90. The lowest BCUT2D eigenvalue weighted by Crippen LogP contribution is -2.61. The molecule has 0 spiro atoms. The molecular weight excluding hydrogens is 1760 g/mol. The zero-order valence-corrected chi connectivity index (χ0v) is 79.4. The Morgan fingerprint density at radius 1 is 0.556 bits per heavy atom. The molecule has 41 heteroatoms. The van der Waals surface area contributed by atoms with E-state index in [9.17, 15) is 53.4 Å². The zero-order chi connectivity index (χ0) is 99.0. The first-order valence-electron chi connectivity index (χ1n) is 46.5. The summed E-state index contributed by atoms with van der Waals surface area (Å²) < 4.78 is 0. The van der Waals surface area contributed by atoms with Crippen molar-refractivity contribution in [3.05, 3.63) is 107 Å². The third-order valence-corrected chi connectivity index (χ3v) is 26.3. The molecule has 23 N–H and O–H groups in total. The van der Waals surface area contributed by atoms with Crippen LogP contribution in [-0.4, -0.2) is 289 Å². The molecule has 4 heterocycles. The number of likely N-dealkylation sites (N-methyl/N-ethyl adjacent to an activating group) is 3. The SMILES string of the molecule is CCCC[C@H]1C(=O)N(C)[C@@H](CCCC)C(=O)N[C@@H](CCCNC(=N)N)C(=O)N[C@H](C(=O)CCCC(N)=O)CSCC(=O)N[C@@H](Cc2ccc(C)cc2)C(=O)N(C)[C@@H](C)C(=O)N[C@@H](CC(N)=O)C(=O)CCC2CCC[C@H]2C(=O)N[C@@H](CN)C(=O)N[C@@H](CC(C)C)C(=O)N2C[C@H](O)CC2C(=O)N[C@@H](Cc2c[nH]c3ccccc23)C(=O)N[C@@H](CO)C(=O)N[C@@H](Cc2c[nH]c3ccccc23)C(=O)N1C. The van der Waals surface area contributed by atoms with Gasteiger partial charge in [-0.1, -0.05) is 126 Å². The summed E-state index contributed by atoms with van der Waals surface area (Å²) >= 11 is 0.877. The van der Waals surface area contributed by atoms with Crippen LogP contribution in [0.3, 0.4) is 0 Å². The van der Waals surface area contributed by atoms with E-state index in [1.807, 2.05) is 20.8 Å². The van der Waals surface area contributed by atoms with Gasteiger partial charge in [-0.25, -0.2) is 0 Å². The summed E-state index contributed by atoms with van der Waals surface area (Å²) in [6.07, 6.45) is 2.37. The molecule has 8 rings (SSSR count). The molecule has 2 aromatic heterocycles. The maximum atomic E-state index is 15.8. The minimum absolute atomic E-state index is 0.00663. The quantitative estimate of drug-likeness (QED) is 0.0188. The maximum absolute atomic E-state index is 15.8. The molecule has 1 saturated carbocycles. The monoisotopic (exact) mass is 1900 g/mol. The lowest BCUT2D eigenvalue weighted by Gasteiger charge is -2.36. The number of hydrogen-bond donors (Lipinski definition) is 19. The van der Waals surface area contributed by atoms with Gasteiger partial charge in [0.15, 0.2) is 17.5 Å². The van der Waals surface area contributed by atoms with E-state index in [4.69, 9.17) is 28.3 Å². The summed E-state index contributed by atoms with van der Waals surface area (Å²) in [4.78, 5) is 259. The van der Waals surface area contributed by atoms with Crippen molar-refractivity contribution in [1.82, 2.24) is 82.7 Å². The number of carbonyl (C=O) groups excluding carboxylic acids is 17. The van der Waals surface area contributed by atoms with Gasteiger partial charge in [0, 0.05) is 132 Å². The van der Waals surface area contributed by atoms with E-state index in [0.29, 0.717) is 83.4 Å². The first kappa shape index (κ1) is 108. The molecule has 2 aliphatic heterocycles. The minimum atomic E-state index is -1.87. The van der Waals surface area contributed by atoms with Crippen molar-refractivity contribution in [2.45, 2.75) is 267 Å². The number of benzene rings is 3. The standard InChI is InChI=1S/C94H137N21O19S/c1-10-12-28-74-88(129)104-65(27-20-38-100-94(98)99)84(125)111-73(77(118)30-19-31-79(96)120)50-135-51-81(122)103-69(40-55-34-32-53(5)33-35-55)90(131)112(7)54(6)82(123)105-66(44-80(97)121)78(119)37-36-56-21-18-24-62(56)83(124)109-71(45-95)86(127)107-68(39-52(3)4)92(133)115-48-59(117)43-76(115)89(130)106-67(41-57-46-101-63-25-16-14-22-60(57)63)85(126)110-72(49-116)87(128)108-70(42-58-47-102-64-26-17-15-23-61(58)64)91(132)114(9)75(29-13-11-2)93(134)113(74)8/h14-17,22-23,25-26,32-35,46-47,52,54,56,59,62,65-76,101-102,116-117H,10-13,18-21,24,27-31,36-45,48-51,95H2,1-9H3,(H2,96,120)(H2,97,121)(H,103,122)(H,104,129)(H,105,123)(H,106,130)(H,107,127)(H,108,128)(H,109,124)(H,110,126)(H,111,125)(H4,98,99,100)/t54-,56?,59+,62+,65-,66-,67-,68-,69-,70-,71-,72-,73-,74-,75-,76?/m0/s1. The number of aliphatic hydroxyl groups is 2. The van der Waals surface area contributed by atoms with Crippen molar-refractivity contribution in [3.63, 3.8) is 0 Å². The number of primary amides is 2. The highest BCUT2D eigenvalue weighted by Crippen LogP contribution is 2.36. The van der Waals surface area contributed by atoms with E-state index < -0.39 is 234 Å². The number of ketones is 2. The van der Waals surface area contributed by atoms with Crippen LogP contribution < -0.4 is 76.1 Å². The first-order valence-corrected chi connectivity index (χ1v) is 47.7. The Hall–Kier alpha value is -12.4. The van der Waals surface area contributed by atoms with Crippen LogP contribution in [0.15, 0.2) is 85.2 Å². The Labute approximate surface area is 790 Å². The van der Waals surface area contributed by atoms with Crippen LogP contribution >= 0.6 is 11.8 Å². The number of aryl methyl sites for hydroxylation is 1. The number of thioether (sulfide) groups is 1. The summed E-state index contributed by atoms with van der Waals surface area (Å²) in [5.41, 5.74) is 26.8. The molecular formula is C94H137N21O19S. The molecule has 3 aliphatic rings. The number of amides is 15. The van der Waals surface area contributed by atoms with E-state index in [0.717, 1.165) is 32.0 Å². The second-order valence-corrected chi connectivity index (χ2v) is 37.0. The lowest BCUT2D eigenvalue weighted by atomic mass is 9.88. The number of rotatable bonds is 27. The fourth-order valence-electron chi connectivity index (χ4n) is 17.4. The highest BCUT2D eigenvalue weighted by Gasteiger charge is 2.46. The Morgan fingerprint density at radius 2 is 1.10 bits per heavy atom. The average molecular weight is 1900 g/mol. The summed E-state index contributed by atoms with van der Waals surface area (Å²) in [6.45, 7) is 8.50. The molecule has 3 fully saturated rings. The Morgan fingerprint density at radius 3 is 1.71 bits per heavy atom. The third kappa shape index (κ3) is 31.4. The van der Waals surface area contributed by atoms with Gasteiger partial charge >= 0.3 is 0 Å². The Bertz CT molecular complexity index is 5010. The van der Waals surface area contributed by atoms with Gasteiger partial charge in [-0.3, -0.25) is 86.9 Å². The van der Waals surface area contributed by atoms with Crippen molar-refractivity contribution < 1.29 is 91.7 Å². The number of hydrogen-bond acceptors (Lipinski definition) is 22. The number of Topliss-reactive ketones (excluding diaryl/α,β-unsaturated/α-hetero) is 2. The van der Waals surface area contributed by atoms with Crippen molar-refractivity contribution in [2.24, 2.45) is 40.7 Å². The molecule has 15 amide bonds. The van der Waals surface area contributed by atoms with Crippen LogP contribution in [0.1, 0.15) is 179 Å². The van der Waals surface area contributed by atoms with E-state index in [2.05, 4.69) is 63.1 Å². The van der Waals surface area contributed by atoms with Crippen LogP contribution in [0.2, 0.25) is 0 Å². The Kier molecular flexibility index (Phi) is 42.0. The molecule has 0 radical (unpaired) electrons. The van der Waals surface area contributed by atoms with Gasteiger partial charge in [-0.05, 0) is 112 Å². The number of nitrogens with zero attached hydrogens (tertiary/aromatic N) is 4. The second kappa shape index (κ2) is 52.5. The predicted octanol–water partition coefficient (Wildman–Crippen LogP) is 0.0647. The normalized spacial score (nSPS) is 25.5. The molecule has 5 aromatic rings. The molecule has 0 bridgehead atoms. The van der Waals surface area contributed by atoms with Crippen molar-refractivity contribution >= 4 is 140 Å². The van der Waals surface area contributed by atoms with Crippen LogP contribution in [0.4, 0.5) is 0 Å². The van der Waals surface area contributed by atoms with E-state index >= 15 is 38.4 Å². The minimum Gasteiger partial charge on any atom is -0.394 e. The number of unbranched alkanes of at least 4 members (excludes halogenated alkanes) is 2. The molecule has 135 heavy (non-hydrogen) atoms. The van der Waals surface area contributed by atoms with E-state index in [1.165, 1.54) is 33.0 Å². The fraction of sp³-hybridized carbons (Fsp3) is 0.574. The first-order chi connectivity index (χ1) is 64.2. The van der Waals surface area contributed by atoms with Crippen molar-refractivity contribution in [2.75, 3.05) is 58.9 Å². The van der Waals surface area contributed by atoms with Crippen molar-refractivity contribution in [3.8, 4) is 0 Å². The molecule has 3 aromatic carbocycles. The second-order valence-electron chi connectivity index (χ2n) is 36.0. The van der Waals surface area contributed by atoms with Crippen LogP contribution in [0.25, 0.3) is 21.8 Å². The number of nitrogens with two attached hydrogens (primary N) is 4. The molecule has 40 nitrogen and oxygen atoms in total.